The Morgan fingerprint density at radius 1 is 1.00 bits per heavy atom. The molecule has 0 fully saturated rings. The third-order valence-electron chi connectivity index (χ3n) is 5.73. The minimum Gasteiger partial charge on any atom is -0.452 e. The number of carbonyl (C=O) groups excluding carboxylic acids is 2. The number of ether oxygens (including phenoxy) is 2. The lowest BCUT2D eigenvalue weighted by Crippen LogP contribution is -2.21. The van der Waals surface area contributed by atoms with E-state index in [0.29, 0.717) is 28.2 Å². The number of aryl methyl sites for hydroxylation is 2. The minimum atomic E-state index is -0.452. The van der Waals surface area contributed by atoms with Gasteiger partial charge < -0.3 is 14.4 Å². The summed E-state index contributed by atoms with van der Waals surface area (Å²) in [6.45, 7) is 9.84. The highest BCUT2D eigenvalue weighted by molar-refractivity contribution is 6.15. The van der Waals surface area contributed by atoms with Crippen molar-refractivity contribution in [1.82, 2.24) is 0 Å². The molecule has 0 aliphatic carbocycles. The number of benzene rings is 3. The maximum atomic E-state index is 13.0. The zero-order chi connectivity index (χ0) is 23.5. The van der Waals surface area contributed by atoms with Crippen LogP contribution < -0.4 is 14.4 Å². The van der Waals surface area contributed by atoms with Gasteiger partial charge in [-0.1, -0.05) is 29.8 Å². The Morgan fingerprint density at radius 3 is 2.39 bits per heavy atom. The van der Waals surface area contributed by atoms with E-state index in [1.807, 2.05) is 50.2 Å². The second-order valence-corrected chi connectivity index (χ2v) is 8.08. The molecule has 0 radical (unpaired) electrons. The molecule has 0 N–H and O–H groups in total. The second-order valence-electron chi connectivity index (χ2n) is 8.08. The van der Waals surface area contributed by atoms with Gasteiger partial charge in [-0.15, -0.1) is 0 Å². The van der Waals surface area contributed by atoms with Gasteiger partial charge in [0.1, 0.15) is 11.5 Å². The Labute approximate surface area is 194 Å². The van der Waals surface area contributed by atoms with Gasteiger partial charge in [0.05, 0.1) is 11.1 Å². The Hall–Kier alpha value is -3.86. The fourth-order valence-corrected chi connectivity index (χ4v) is 4.00. The highest BCUT2D eigenvalue weighted by Gasteiger charge is 2.30. The van der Waals surface area contributed by atoms with Crippen LogP contribution in [0, 0.1) is 13.8 Å². The normalized spacial score (nSPS) is 13.6. The summed E-state index contributed by atoms with van der Waals surface area (Å²) in [5, 5.41) is 0. The highest BCUT2D eigenvalue weighted by Crippen LogP contribution is 2.37. The number of nitrogens with zero attached hydrogens (tertiary/aromatic N) is 1. The van der Waals surface area contributed by atoms with Gasteiger partial charge in [-0.05, 0) is 75.2 Å². The Bertz CT molecular complexity index is 1240. The van der Waals surface area contributed by atoms with Gasteiger partial charge in [0, 0.05) is 24.8 Å². The number of hydrogen-bond donors (Lipinski definition) is 0. The van der Waals surface area contributed by atoms with Crippen LogP contribution in [-0.2, 0) is 0 Å². The number of ketones is 1. The molecule has 1 aliphatic heterocycles. The lowest BCUT2D eigenvalue weighted by atomic mass is 10.0. The van der Waals surface area contributed by atoms with E-state index < -0.39 is 5.97 Å². The van der Waals surface area contributed by atoms with E-state index >= 15 is 0 Å². The maximum Gasteiger partial charge on any atom is 0.343 e. The molecule has 0 atom stereocenters. The summed E-state index contributed by atoms with van der Waals surface area (Å²) in [6.07, 6.45) is 1.74. The van der Waals surface area contributed by atoms with E-state index in [9.17, 15) is 9.59 Å². The van der Waals surface area contributed by atoms with Gasteiger partial charge in [0.15, 0.2) is 5.76 Å². The standard InChI is InChI=1S/C28H27NO4/c1-5-29(6-2)22-12-10-20(11-13-22)16-25-27(30)26-19(4)15-23(17-24(26)33-25)32-28(31)21-9-7-8-18(3)14-21/h7-17H,5-6H2,1-4H3/b25-16-. The number of esters is 1. The lowest BCUT2D eigenvalue weighted by Gasteiger charge is -2.20. The van der Waals surface area contributed by atoms with E-state index in [0.717, 1.165) is 29.9 Å². The number of carbonyl (C=O) groups is 2. The summed E-state index contributed by atoms with van der Waals surface area (Å²) in [4.78, 5) is 27.8. The summed E-state index contributed by atoms with van der Waals surface area (Å²) in [6, 6.07) is 18.5. The summed E-state index contributed by atoms with van der Waals surface area (Å²) in [7, 11) is 0. The van der Waals surface area contributed by atoms with Gasteiger partial charge >= 0.3 is 5.97 Å². The largest absolute Gasteiger partial charge is 0.452 e. The minimum absolute atomic E-state index is 0.174. The first-order chi connectivity index (χ1) is 15.9. The number of rotatable bonds is 6. The zero-order valence-electron chi connectivity index (χ0n) is 19.3. The predicted octanol–water partition coefficient (Wildman–Crippen LogP) is 5.99. The fraction of sp³-hybridized carbons (Fsp3) is 0.214. The molecular weight excluding hydrogens is 414 g/mol. The van der Waals surface area contributed by atoms with Crippen LogP contribution in [-0.4, -0.2) is 24.8 Å². The Kier molecular flexibility index (Phi) is 6.31. The molecule has 1 aliphatic rings. The van der Waals surface area contributed by atoms with Gasteiger partial charge in [-0.25, -0.2) is 4.79 Å². The molecule has 0 bridgehead atoms. The van der Waals surface area contributed by atoms with Crippen LogP contribution in [0.15, 0.2) is 66.4 Å². The van der Waals surface area contributed by atoms with E-state index in [4.69, 9.17) is 9.47 Å². The van der Waals surface area contributed by atoms with Gasteiger partial charge in [0.2, 0.25) is 5.78 Å². The van der Waals surface area contributed by atoms with Crippen molar-refractivity contribution in [1.29, 1.82) is 0 Å². The Balaban J connectivity index is 1.55. The molecule has 33 heavy (non-hydrogen) atoms. The lowest BCUT2D eigenvalue weighted by molar-refractivity contribution is 0.0734. The molecule has 4 rings (SSSR count). The smallest absolute Gasteiger partial charge is 0.343 e. The summed E-state index contributed by atoms with van der Waals surface area (Å²) >= 11 is 0. The average Bonchev–Trinajstić information content (AvgIpc) is 3.11. The van der Waals surface area contributed by atoms with Crippen molar-refractivity contribution in [3.8, 4) is 11.5 Å². The molecule has 0 amide bonds. The molecule has 5 heteroatoms. The van der Waals surface area contributed by atoms with Crippen molar-refractivity contribution in [3.63, 3.8) is 0 Å². The number of allylic oxidation sites excluding steroid dienone is 1. The summed E-state index contributed by atoms with van der Waals surface area (Å²) < 4.78 is 11.4. The molecule has 0 unspecified atom stereocenters. The van der Waals surface area contributed by atoms with Crippen LogP contribution in [0.2, 0.25) is 0 Å². The fourth-order valence-electron chi connectivity index (χ4n) is 4.00. The van der Waals surface area contributed by atoms with Crippen molar-refractivity contribution in [2.75, 3.05) is 18.0 Å². The maximum absolute atomic E-state index is 13.0. The van der Waals surface area contributed by atoms with Crippen molar-refractivity contribution < 1.29 is 19.1 Å². The van der Waals surface area contributed by atoms with Gasteiger partial charge in [0.25, 0.3) is 0 Å². The first-order valence-electron chi connectivity index (χ1n) is 11.1. The van der Waals surface area contributed by atoms with Gasteiger partial charge in [-0.3, -0.25) is 4.79 Å². The molecule has 3 aromatic rings. The number of anilines is 1. The van der Waals surface area contributed by atoms with Crippen LogP contribution in [0.25, 0.3) is 6.08 Å². The van der Waals surface area contributed by atoms with Crippen LogP contribution in [0.1, 0.15) is 51.3 Å². The van der Waals surface area contributed by atoms with Crippen LogP contribution in [0.3, 0.4) is 0 Å². The van der Waals surface area contributed by atoms with Gasteiger partial charge in [-0.2, -0.15) is 0 Å². The topological polar surface area (TPSA) is 55.8 Å². The molecule has 3 aromatic carbocycles. The third-order valence-corrected chi connectivity index (χ3v) is 5.73. The summed E-state index contributed by atoms with van der Waals surface area (Å²) in [5.41, 5.74) is 4.66. The first kappa shape index (κ1) is 22.3. The second kappa shape index (κ2) is 9.33. The molecule has 5 nitrogen and oxygen atoms in total. The SMILES string of the molecule is CCN(CC)c1ccc(/C=C2\Oc3cc(OC(=O)c4cccc(C)c4)cc(C)c3C2=O)cc1. The van der Waals surface area contributed by atoms with Crippen LogP contribution in [0.5, 0.6) is 11.5 Å². The molecular formula is C28H27NO4. The van der Waals surface area contributed by atoms with Crippen molar-refractivity contribution in [2.24, 2.45) is 0 Å². The molecule has 0 aromatic heterocycles. The van der Waals surface area contributed by atoms with Crippen LogP contribution >= 0.6 is 0 Å². The van der Waals surface area contributed by atoms with E-state index in [2.05, 4.69) is 18.7 Å². The third kappa shape index (κ3) is 4.67. The molecule has 168 valence electrons. The Morgan fingerprint density at radius 2 is 1.73 bits per heavy atom. The summed E-state index contributed by atoms with van der Waals surface area (Å²) in [5.74, 6) is 0.373. The molecule has 0 saturated heterocycles. The van der Waals surface area contributed by atoms with E-state index in [1.54, 1.807) is 30.3 Å². The number of fused-ring (bicyclic) bond motifs is 1. The van der Waals surface area contributed by atoms with Crippen molar-refractivity contribution in [2.45, 2.75) is 27.7 Å². The van der Waals surface area contributed by atoms with Crippen molar-refractivity contribution in [3.05, 3.63) is 94.2 Å². The predicted molar refractivity (Wildman–Crippen MR) is 130 cm³/mol. The average molecular weight is 442 g/mol. The highest BCUT2D eigenvalue weighted by atomic mass is 16.5. The number of Topliss-reactive ketones (excluding diaryl/α,β-unsaturated/α-hetero) is 1. The first-order valence-corrected chi connectivity index (χ1v) is 11.1. The van der Waals surface area contributed by atoms with Crippen molar-refractivity contribution >= 4 is 23.5 Å². The molecule has 0 saturated carbocycles. The van der Waals surface area contributed by atoms with E-state index in [1.165, 1.54) is 0 Å². The van der Waals surface area contributed by atoms with Crippen LogP contribution in [0.4, 0.5) is 5.69 Å². The zero-order valence-corrected chi connectivity index (χ0v) is 19.3. The van der Waals surface area contributed by atoms with E-state index in [-0.39, 0.29) is 11.5 Å². The quantitative estimate of drug-likeness (QED) is 0.267. The molecule has 0 spiro atoms. The molecule has 1 heterocycles. The number of hydrogen-bond acceptors (Lipinski definition) is 5. The monoisotopic (exact) mass is 441 g/mol.